The minimum atomic E-state index is -0.0726. The van der Waals surface area contributed by atoms with Crippen molar-refractivity contribution in [3.8, 4) is 5.75 Å². The molecule has 166 valence electrons. The molecule has 2 aromatic carbocycles. The van der Waals surface area contributed by atoms with E-state index < -0.39 is 0 Å². The fraction of sp³-hybridized carbons (Fsp3) is 0.391. The average molecular weight is 462 g/mol. The molecule has 0 saturated carbocycles. The highest BCUT2D eigenvalue weighted by molar-refractivity contribution is 7.22. The molecule has 0 N–H and O–H groups in total. The van der Waals surface area contributed by atoms with Crippen molar-refractivity contribution in [2.24, 2.45) is 0 Å². The van der Waals surface area contributed by atoms with E-state index in [0.29, 0.717) is 12.3 Å². The molecule has 0 radical (unpaired) electrons. The average Bonchev–Trinajstić information content (AvgIpc) is 3.20. The highest BCUT2D eigenvalue weighted by atomic mass is 35.5. The minimum absolute atomic E-state index is 0. The molecule has 3 aromatic rings. The molecule has 1 saturated heterocycles. The van der Waals surface area contributed by atoms with Crippen molar-refractivity contribution in [3.05, 3.63) is 54.1 Å². The lowest BCUT2D eigenvalue weighted by Gasteiger charge is -2.27. The number of morpholine rings is 1. The lowest BCUT2D eigenvalue weighted by molar-refractivity contribution is -0.120. The zero-order valence-electron chi connectivity index (χ0n) is 17.7. The number of benzene rings is 2. The smallest absolute Gasteiger partial charge is 0.266 e. The van der Waals surface area contributed by atoms with Gasteiger partial charge in [0.2, 0.25) is 0 Å². The number of nitrogens with zero attached hydrogens (tertiary/aromatic N) is 3. The molecule has 0 atom stereocenters. The first-order valence-corrected chi connectivity index (χ1v) is 11.2. The quantitative estimate of drug-likeness (QED) is 0.504. The van der Waals surface area contributed by atoms with Gasteiger partial charge in [-0.1, -0.05) is 41.2 Å². The van der Waals surface area contributed by atoms with Crippen molar-refractivity contribution >= 4 is 45.0 Å². The highest BCUT2D eigenvalue weighted by Gasteiger charge is 2.21. The number of fused-ring (bicyclic) bond motifs is 1. The molecule has 31 heavy (non-hydrogen) atoms. The summed E-state index contributed by atoms with van der Waals surface area (Å²) in [6.45, 7) is 7.05. The molecule has 1 fully saturated rings. The predicted octanol–water partition coefficient (Wildman–Crippen LogP) is 4.16. The first-order valence-electron chi connectivity index (χ1n) is 10.3. The van der Waals surface area contributed by atoms with Gasteiger partial charge < -0.3 is 9.47 Å². The van der Waals surface area contributed by atoms with Crippen LogP contribution in [0.4, 0.5) is 5.13 Å². The van der Waals surface area contributed by atoms with Gasteiger partial charge in [0.25, 0.3) is 5.91 Å². The summed E-state index contributed by atoms with van der Waals surface area (Å²) in [5, 5.41) is 0.732. The van der Waals surface area contributed by atoms with Crippen molar-refractivity contribution in [1.82, 2.24) is 9.88 Å². The molecule has 6 nitrogen and oxygen atoms in total. The van der Waals surface area contributed by atoms with Crippen LogP contribution >= 0.6 is 23.7 Å². The molecule has 1 aliphatic rings. The van der Waals surface area contributed by atoms with Gasteiger partial charge >= 0.3 is 0 Å². The van der Waals surface area contributed by atoms with Crippen LogP contribution in [0.25, 0.3) is 10.2 Å². The Hall–Kier alpha value is -2.19. The predicted molar refractivity (Wildman–Crippen MR) is 128 cm³/mol. The number of amides is 1. The van der Waals surface area contributed by atoms with Gasteiger partial charge in [-0.15, -0.1) is 12.4 Å². The number of aryl methyl sites for hydroxylation is 1. The number of aromatic nitrogens is 1. The maximum absolute atomic E-state index is 13.1. The number of carbonyl (C=O) groups excluding carboxylic acids is 1. The molecular weight excluding hydrogens is 434 g/mol. The number of carbonyl (C=O) groups is 1. The molecule has 0 aliphatic carbocycles. The van der Waals surface area contributed by atoms with E-state index in [-0.39, 0.29) is 24.9 Å². The second-order valence-corrected chi connectivity index (χ2v) is 8.43. The van der Waals surface area contributed by atoms with Gasteiger partial charge in [0.05, 0.1) is 23.4 Å². The molecule has 1 aromatic heterocycles. The minimum Gasteiger partial charge on any atom is -0.484 e. The molecular formula is C23H28ClN3O3S. The molecule has 1 aliphatic heterocycles. The monoisotopic (exact) mass is 461 g/mol. The van der Waals surface area contributed by atoms with Crippen LogP contribution < -0.4 is 9.64 Å². The first-order chi connectivity index (χ1) is 14.7. The Morgan fingerprint density at radius 3 is 2.65 bits per heavy atom. The Kier molecular flexibility index (Phi) is 8.66. The lowest BCUT2D eigenvalue weighted by Crippen LogP contribution is -2.40. The summed E-state index contributed by atoms with van der Waals surface area (Å²) in [5.41, 5.74) is 2.08. The van der Waals surface area contributed by atoms with E-state index in [2.05, 4.69) is 4.90 Å². The topological polar surface area (TPSA) is 54.9 Å². The van der Waals surface area contributed by atoms with Crippen molar-refractivity contribution in [2.45, 2.75) is 13.3 Å². The van der Waals surface area contributed by atoms with Crippen LogP contribution in [0.5, 0.6) is 5.75 Å². The maximum atomic E-state index is 13.1. The van der Waals surface area contributed by atoms with E-state index in [9.17, 15) is 4.79 Å². The van der Waals surface area contributed by atoms with Crippen LogP contribution in [0.3, 0.4) is 0 Å². The van der Waals surface area contributed by atoms with Crippen molar-refractivity contribution < 1.29 is 14.3 Å². The van der Waals surface area contributed by atoms with Gasteiger partial charge in [-0.3, -0.25) is 14.6 Å². The van der Waals surface area contributed by atoms with Crippen LogP contribution in [-0.2, 0) is 9.53 Å². The Balaban J connectivity index is 0.00000272. The van der Waals surface area contributed by atoms with Crippen LogP contribution in [-0.4, -0.2) is 61.8 Å². The summed E-state index contributed by atoms with van der Waals surface area (Å²) in [5.74, 6) is 0.628. The van der Waals surface area contributed by atoms with Gasteiger partial charge in [-0.05, 0) is 37.6 Å². The van der Waals surface area contributed by atoms with Gasteiger partial charge in [0.15, 0.2) is 11.7 Å². The number of para-hydroxylation sites is 1. The number of rotatable bonds is 8. The zero-order valence-corrected chi connectivity index (χ0v) is 19.3. The third-order valence-corrected chi connectivity index (χ3v) is 6.22. The fourth-order valence-electron chi connectivity index (χ4n) is 3.44. The Morgan fingerprint density at radius 1 is 1.16 bits per heavy atom. The maximum Gasteiger partial charge on any atom is 0.266 e. The summed E-state index contributed by atoms with van der Waals surface area (Å²) in [4.78, 5) is 21.9. The fourth-order valence-corrected chi connectivity index (χ4v) is 4.45. The summed E-state index contributed by atoms with van der Waals surface area (Å²) in [7, 11) is 0. The molecule has 0 spiro atoms. The summed E-state index contributed by atoms with van der Waals surface area (Å²) in [6.07, 6.45) is 0.881. The molecule has 2 heterocycles. The number of anilines is 1. The zero-order chi connectivity index (χ0) is 20.8. The van der Waals surface area contributed by atoms with Crippen molar-refractivity contribution in [3.63, 3.8) is 0 Å². The number of thiazole rings is 1. The van der Waals surface area contributed by atoms with Crippen molar-refractivity contribution in [1.29, 1.82) is 0 Å². The summed E-state index contributed by atoms with van der Waals surface area (Å²) in [6, 6.07) is 15.7. The SMILES string of the molecule is Cc1ccc(OCC(=O)N(CCCN2CCOCC2)c2nc3ccccc3s2)cc1.Cl. The third kappa shape index (κ3) is 6.40. The van der Waals surface area contributed by atoms with Crippen molar-refractivity contribution in [2.75, 3.05) is 50.9 Å². The molecule has 0 unspecified atom stereocenters. The van der Waals surface area contributed by atoms with Gasteiger partial charge in [-0.2, -0.15) is 0 Å². The standard InChI is InChI=1S/C23H27N3O3S.ClH/c1-18-7-9-19(10-8-18)29-17-22(27)26(12-4-11-25-13-15-28-16-14-25)23-24-20-5-2-3-6-21(20)30-23;/h2-3,5-10H,4,11-17H2,1H3;1H. The van der Waals surface area contributed by atoms with E-state index in [1.54, 1.807) is 16.2 Å². The van der Waals surface area contributed by atoms with Gasteiger partial charge in [-0.25, -0.2) is 4.98 Å². The Labute approximate surface area is 193 Å². The van der Waals surface area contributed by atoms with E-state index in [1.807, 2.05) is 55.5 Å². The van der Waals surface area contributed by atoms with Crippen LogP contribution in [0, 0.1) is 6.92 Å². The molecule has 0 bridgehead atoms. The second-order valence-electron chi connectivity index (χ2n) is 7.42. The Morgan fingerprint density at radius 2 is 1.90 bits per heavy atom. The molecule has 1 amide bonds. The second kappa shape index (κ2) is 11.4. The van der Waals surface area contributed by atoms with Gasteiger partial charge in [0, 0.05) is 26.2 Å². The van der Waals surface area contributed by atoms with E-state index >= 15 is 0 Å². The Bertz CT molecular complexity index is 941. The summed E-state index contributed by atoms with van der Waals surface area (Å²) < 4.78 is 12.3. The number of hydrogen-bond acceptors (Lipinski definition) is 6. The van der Waals surface area contributed by atoms with Gasteiger partial charge in [0.1, 0.15) is 5.75 Å². The number of ether oxygens (including phenoxy) is 2. The van der Waals surface area contributed by atoms with Crippen LogP contribution in [0.15, 0.2) is 48.5 Å². The van der Waals surface area contributed by atoms with E-state index in [4.69, 9.17) is 14.5 Å². The largest absolute Gasteiger partial charge is 0.484 e. The van der Waals surface area contributed by atoms with E-state index in [0.717, 1.165) is 60.2 Å². The van der Waals surface area contributed by atoms with Crippen LogP contribution in [0.2, 0.25) is 0 Å². The summed E-state index contributed by atoms with van der Waals surface area (Å²) >= 11 is 1.55. The normalized spacial score (nSPS) is 14.2. The third-order valence-electron chi connectivity index (χ3n) is 5.16. The van der Waals surface area contributed by atoms with E-state index in [1.165, 1.54) is 0 Å². The first kappa shape index (κ1) is 23.5. The molecule has 4 rings (SSSR count). The number of hydrogen-bond donors (Lipinski definition) is 0. The highest BCUT2D eigenvalue weighted by Crippen LogP contribution is 2.29. The van der Waals surface area contributed by atoms with Crippen LogP contribution in [0.1, 0.15) is 12.0 Å². The molecule has 8 heteroatoms. The number of halogens is 1. The lowest BCUT2D eigenvalue weighted by atomic mass is 10.2.